The van der Waals surface area contributed by atoms with E-state index >= 15 is 0 Å². The molecule has 2 heterocycles. The normalized spacial score (nSPS) is 25.3. The lowest BCUT2D eigenvalue weighted by atomic mass is 9.80. The Morgan fingerprint density at radius 2 is 2.00 bits per heavy atom. The van der Waals surface area contributed by atoms with Crippen LogP contribution >= 0.6 is 0 Å². The zero-order valence-corrected chi connectivity index (χ0v) is 14.3. The topological polar surface area (TPSA) is 132 Å². The van der Waals surface area contributed by atoms with Crippen LogP contribution in [0, 0.1) is 10.8 Å². The second-order valence-corrected chi connectivity index (χ2v) is 6.31. The third kappa shape index (κ3) is 2.80. The number of carbonyl (C=O) groups excluding carboxylic acids is 1. The number of hydrogen-bond donors (Lipinski definition) is 2. The van der Waals surface area contributed by atoms with Crippen LogP contribution in [0.1, 0.15) is 18.9 Å². The Morgan fingerprint density at radius 3 is 2.50 bits per heavy atom. The summed E-state index contributed by atoms with van der Waals surface area (Å²) < 4.78 is 10.2. The highest BCUT2D eigenvalue weighted by atomic mass is 16.5. The maximum atomic E-state index is 11.9. The molecule has 4 atom stereocenters. The van der Waals surface area contributed by atoms with Gasteiger partial charge in [0.15, 0.2) is 0 Å². The van der Waals surface area contributed by atoms with E-state index in [0.29, 0.717) is 17.6 Å². The van der Waals surface area contributed by atoms with E-state index < -0.39 is 24.3 Å². The van der Waals surface area contributed by atoms with E-state index in [2.05, 4.69) is 5.18 Å². The van der Waals surface area contributed by atoms with Crippen LogP contribution in [0.3, 0.4) is 0 Å². The Labute approximate surface area is 149 Å². The van der Waals surface area contributed by atoms with Gasteiger partial charge in [0.1, 0.15) is 17.7 Å². The highest BCUT2D eigenvalue weighted by molar-refractivity contribution is 5.97. The third-order valence-corrected chi connectivity index (χ3v) is 4.95. The lowest BCUT2D eigenvalue weighted by molar-refractivity contribution is -0.178. The van der Waals surface area contributed by atoms with Gasteiger partial charge in [0.05, 0.1) is 12.0 Å². The molecule has 1 fully saturated rings. The average Bonchev–Trinajstić information content (AvgIpc) is 2.91. The van der Waals surface area contributed by atoms with Crippen molar-refractivity contribution in [3.8, 4) is 5.75 Å². The fourth-order valence-corrected chi connectivity index (χ4v) is 3.87. The number of nitrogens with two attached hydrogens (primary N) is 1. The molecule has 0 spiro atoms. The summed E-state index contributed by atoms with van der Waals surface area (Å²) in [5, 5.41) is 12.8. The van der Waals surface area contributed by atoms with Gasteiger partial charge in [-0.3, -0.25) is 0 Å². The molecule has 3 rings (SSSR count). The molecule has 0 aliphatic carbocycles. The number of primary amides is 1. The molecule has 9 heteroatoms. The van der Waals surface area contributed by atoms with Crippen molar-refractivity contribution in [1.82, 2.24) is 4.90 Å². The van der Waals surface area contributed by atoms with Gasteiger partial charge in [-0.25, -0.2) is 9.59 Å². The van der Waals surface area contributed by atoms with Crippen molar-refractivity contribution in [3.63, 3.8) is 0 Å². The van der Waals surface area contributed by atoms with Crippen molar-refractivity contribution in [2.45, 2.75) is 31.7 Å². The van der Waals surface area contributed by atoms with E-state index in [-0.39, 0.29) is 23.4 Å². The van der Waals surface area contributed by atoms with E-state index in [9.17, 15) is 19.6 Å². The van der Waals surface area contributed by atoms with Crippen molar-refractivity contribution >= 4 is 17.6 Å². The summed E-state index contributed by atoms with van der Waals surface area (Å²) in [7, 11) is 1.48. The predicted octanol–water partition coefficient (Wildman–Crippen LogP) is 1.77. The lowest BCUT2D eigenvalue weighted by Crippen LogP contribution is -2.65. The van der Waals surface area contributed by atoms with Gasteiger partial charge in [-0.05, 0) is 36.6 Å². The maximum absolute atomic E-state index is 11.9. The number of carboxylic acids is 1. The predicted molar refractivity (Wildman–Crippen MR) is 91.0 cm³/mol. The van der Waals surface area contributed by atoms with Crippen LogP contribution in [-0.4, -0.2) is 47.5 Å². The van der Waals surface area contributed by atoms with Crippen molar-refractivity contribution in [2.24, 2.45) is 16.8 Å². The van der Waals surface area contributed by atoms with E-state index in [1.807, 2.05) is 0 Å². The van der Waals surface area contributed by atoms with Crippen molar-refractivity contribution in [3.05, 3.63) is 40.4 Å². The molecule has 3 N–H and O–H groups in total. The van der Waals surface area contributed by atoms with E-state index in [4.69, 9.17) is 15.2 Å². The summed E-state index contributed by atoms with van der Waals surface area (Å²) in [6.07, 6.45) is -0.967. The van der Waals surface area contributed by atoms with Crippen LogP contribution < -0.4 is 10.5 Å². The van der Waals surface area contributed by atoms with E-state index in [0.717, 1.165) is 0 Å². The first kappa shape index (κ1) is 17.9. The molecule has 1 aromatic carbocycles. The summed E-state index contributed by atoms with van der Waals surface area (Å²) >= 11 is 0. The highest BCUT2D eigenvalue weighted by Gasteiger charge is 2.57. The minimum Gasteiger partial charge on any atom is -0.477 e. The number of carbonyl (C=O) groups is 2. The maximum Gasteiger partial charge on any atom is 0.409 e. The molecule has 0 bridgehead atoms. The molecular weight excluding hydrogens is 342 g/mol. The zero-order valence-electron chi connectivity index (χ0n) is 14.3. The Morgan fingerprint density at radius 1 is 1.35 bits per heavy atom. The molecule has 138 valence electrons. The van der Waals surface area contributed by atoms with Crippen LogP contribution in [0.2, 0.25) is 0 Å². The quantitative estimate of drug-likeness (QED) is 0.738. The molecule has 2 aliphatic heterocycles. The number of fused-ring (bicyclic) bond motifs is 1. The molecule has 0 saturated carbocycles. The van der Waals surface area contributed by atoms with Crippen LogP contribution in [0.4, 0.5) is 4.79 Å². The van der Waals surface area contributed by atoms with Gasteiger partial charge in [-0.15, -0.1) is 0 Å². The number of ether oxygens (including phenoxy) is 2. The van der Waals surface area contributed by atoms with Gasteiger partial charge in [0.25, 0.3) is 0 Å². The van der Waals surface area contributed by atoms with Gasteiger partial charge in [0.2, 0.25) is 0 Å². The first-order valence-electron chi connectivity index (χ1n) is 8.06. The fourth-order valence-electron chi connectivity index (χ4n) is 3.87. The number of carboxylic acid groups (broad SMARTS) is 1. The average molecular weight is 361 g/mol. The number of rotatable bonds is 6. The van der Waals surface area contributed by atoms with Crippen molar-refractivity contribution in [2.75, 3.05) is 7.11 Å². The molecule has 1 aromatic rings. The number of nitroso groups, excluding NO2 is 1. The van der Waals surface area contributed by atoms with Crippen LogP contribution in [0.5, 0.6) is 5.75 Å². The molecule has 0 radical (unpaired) electrons. The molecule has 3 unspecified atom stereocenters. The molecule has 9 nitrogen and oxygen atoms in total. The fraction of sp³-hybridized carbons (Fsp3) is 0.412. The van der Waals surface area contributed by atoms with E-state index in [1.54, 1.807) is 36.1 Å². The summed E-state index contributed by atoms with van der Waals surface area (Å²) in [6.45, 7) is 1.70. The second-order valence-electron chi connectivity index (χ2n) is 6.31. The van der Waals surface area contributed by atoms with Gasteiger partial charge in [-0.2, -0.15) is 4.91 Å². The Kier molecular flexibility index (Phi) is 4.64. The summed E-state index contributed by atoms with van der Waals surface area (Å²) in [5.74, 6) is -0.972. The number of methoxy groups -OCH3 is 1. The summed E-state index contributed by atoms with van der Waals surface area (Å²) in [6, 6.07) is 5.78. The van der Waals surface area contributed by atoms with Gasteiger partial charge in [-0.1, -0.05) is 17.3 Å². The first-order valence-corrected chi connectivity index (χ1v) is 8.06. The molecule has 26 heavy (non-hydrogen) atoms. The van der Waals surface area contributed by atoms with Gasteiger partial charge < -0.3 is 25.2 Å². The van der Waals surface area contributed by atoms with E-state index in [1.165, 1.54) is 7.11 Å². The van der Waals surface area contributed by atoms with Crippen LogP contribution in [0.25, 0.3) is 5.57 Å². The zero-order chi connectivity index (χ0) is 19.0. The smallest absolute Gasteiger partial charge is 0.409 e. The number of benzene rings is 1. The third-order valence-electron chi connectivity index (χ3n) is 4.95. The highest BCUT2D eigenvalue weighted by Crippen LogP contribution is 2.50. The second kappa shape index (κ2) is 6.75. The number of aliphatic carboxylic acids is 1. The Bertz CT molecular complexity index is 775. The Balaban J connectivity index is 1.94. The SMILES string of the molecule is CO[C@@H]1C(C(C)N=O)C2CC(c3ccc(OC(N)=O)cc3)=C(C(=O)O)N21. The minimum atomic E-state index is -1.06. The number of amides is 1. The number of hydrogen-bond acceptors (Lipinski definition) is 7. The molecule has 2 aliphatic rings. The standard InChI is InChI=1S/C17H19N3O6/c1-8(19-24)13-12-7-11(14(16(21)22)20(12)15(13)25-2)9-3-5-10(6-4-9)26-17(18)23/h3-6,8,12-13,15H,7H2,1-2H3,(H2,18,23)(H,21,22)/t8?,12?,13?,15-/m1/s1. The molecule has 0 aromatic heterocycles. The molecule has 1 saturated heterocycles. The minimum absolute atomic E-state index is 0.153. The van der Waals surface area contributed by atoms with Gasteiger partial charge >= 0.3 is 12.1 Å². The summed E-state index contributed by atoms with van der Waals surface area (Å²) in [4.78, 5) is 35.3. The van der Waals surface area contributed by atoms with Crippen molar-refractivity contribution < 1.29 is 24.2 Å². The molecular formula is C17H19N3O6. The largest absolute Gasteiger partial charge is 0.477 e. The van der Waals surface area contributed by atoms with Crippen molar-refractivity contribution in [1.29, 1.82) is 0 Å². The molecule has 1 amide bonds. The Hall–Kier alpha value is -2.94. The first-order chi connectivity index (χ1) is 12.4. The summed E-state index contributed by atoms with van der Waals surface area (Å²) in [5.41, 5.74) is 6.45. The lowest BCUT2D eigenvalue weighted by Gasteiger charge is -2.53. The number of nitrogens with zero attached hydrogens (tertiary/aromatic N) is 2. The van der Waals surface area contributed by atoms with Crippen LogP contribution in [-0.2, 0) is 9.53 Å². The van der Waals surface area contributed by atoms with Gasteiger partial charge in [0, 0.05) is 13.2 Å². The van der Waals surface area contributed by atoms with Crippen LogP contribution in [0.15, 0.2) is 35.1 Å². The monoisotopic (exact) mass is 361 g/mol.